The lowest BCUT2D eigenvalue weighted by Crippen LogP contribution is -2.33. The average Bonchev–Trinajstić information content (AvgIpc) is 3.57. The summed E-state index contributed by atoms with van der Waals surface area (Å²) in [7, 11) is 0. The van der Waals surface area contributed by atoms with Gasteiger partial charge >= 0.3 is 0 Å². The van der Waals surface area contributed by atoms with Gasteiger partial charge in [-0.1, -0.05) is 54.6 Å². The van der Waals surface area contributed by atoms with Crippen LogP contribution in [0.15, 0.2) is 91.5 Å². The Hall–Kier alpha value is -5.05. The van der Waals surface area contributed by atoms with Crippen LogP contribution < -0.4 is 5.73 Å². The van der Waals surface area contributed by atoms with Crippen LogP contribution in [0.4, 0.5) is 5.82 Å². The quantitative estimate of drug-likeness (QED) is 0.346. The zero-order valence-corrected chi connectivity index (χ0v) is 20.0. The number of nitrogens with one attached hydrogen (secondary N) is 1. The molecule has 0 aliphatic carbocycles. The van der Waals surface area contributed by atoms with E-state index in [9.17, 15) is 4.79 Å². The average molecular weight is 489 g/mol. The molecule has 0 unspecified atom stereocenters. The Balaban J connectivity index is 1.35. The molecule has 3 N–H and O–H groups in total. The Labute approximate surface area is 212 Å². The molecule has 0 radical (unpaired) electrons. The number of imidazole rings is 1. The van der Waals surface area contributed by atoms with E-state index in [4.69, 9.17) is 10.8 Å². The standard InChI is InChI=1S/C28H24N8O/c29-26-24-25(21-11-12-22-23(15-21)31-17-30-22)34-36(27(24)33-18-32-26)14-13-35(16-19-7-3-1-4-8-19)28(37)20-9-5-2-6-10-20/h1-12,15,17-18H,13-14,16H2,(H,30,31)(H2,29,32,33). The van der Waals surface area contributed by atoms with Crippen molar-refractivity contribution >= 4 is 33.8 Å². The first kappa shape index (κ1) is 22.4. The molecule has 3 aromatic heterocycles. The minimum atomic E-state index is -0.0417. The molecule has 0 aliphatic rings. The molecule has 6 aromatic rings. The van der Waals surface area contributed by atoms with Crippen LogP contribution in [0.1, 0.15) is 15.9 Å². The van der Waals surface area contributed by atoms with Crippen LogP contribution in [0.25, 0.3) is 33.3 Å². The van der Waals surface area contributed by atoms with Gasteiger partial charge in [0.1, 0.15) is 17.8 Å². The van der Waals surface area contributed by atoms with Crippen LogP contribution in [0.5, 0.6) is 0 Å². The molecule has 3 aromatic carbocycles. The molecule has 0 bridgehead atoms. The number of aromatic nitrogens is 6. The normalized spacial score (nSPS) is 11.2. The smallest absolute Gasteiger partial charge is 0.254 e. The van der Waals surface area contributed by atoms with Gasteiger partial charge in [-0.2, -0.15) is 5.10 Å². The highest BCUT2D eigenvalue weighted by atomic mass is 16.2. The number of aromatic amines is 1. The molecule has 0 spiro atoms. The van der Waals surface area contributed by atoms with E-state index in [1.165, 1.54) is 6.33 Å². The van der Waals surface area contributed by atoms with Crippen LogP contribution in [0.3, 0.4) is 0 Å². The van der Waals surface area contributed by atoms with Crippen molar-refractivity contribution < 1.29 is 4.79 Å². The molecule has 1 amide bonds. The largest absolute Gasteiger partial charge is 0.383 e. The van der Waals surface area contributed by atoms with E-state index in [0.717, 1.165) is 22.2 Å². The fourth-order valence-corrected chi connectivity index (χ4v) is 4.51. The van der Waals surface area contributed by atoms with Crippen molar-refractivity contribution in [2.75, 3.05) is 12.3 Å². The third kappa shape index (κ3) is 4.38. The Morgan fingerprint density at radius 1 is 0.946 bits per heavy atom. The van der Waals surface area contributed by atoms with Crippen molar-refractivity contribution in [3.63, 3.8) is 0 Å². The minimum absolute atomic E-state index is 0.0417. The number of hydrogen-bond donors (Lipinski definition) is 2. The summed E-state index contributed by atoms with van der Waals surface area (Å²) in [6, 6.07) is 25.2. The molecule has 182 valence electrons. The Kier molecular flexibility index (Phi) is 5.78. The molecule has 6 rings (SSSR count). The number of carbonyl (C=O) groups excluding carboxylic acids is 1. The van der Waals surface area contributed by atoms with Gasteiger partial charge in [0, 0.05) is 24.2 Å². The third-order valence-corrected chi connectivity index (χ3v) is 6.36. The molecule has 9 nitrogen and oxygen atoms in total. The molecule has 3 heterocycles. The van der Waals surface area contributed by atoms with Gasteiger partial charge in [0.2, 0.25) is 0 Å². The zero-order valence-electron chi connectivity index (χ0n) is 20.0. The number of nitrogen functional groups attached to an aromatic ring is 1. The molecular weight excluding hydrogens is 464 g/mol. The van der Waals surface area contributed by atoms with Crippen molar-refractivity contribution in [2.45, 2.75) is 13.1 Å². The van der Waals surface area contributed by atoms with Gasteiger partial charge < -0.3 is 15.6 Å². The first-order chi connectivity index (χ1) is 18.2. The summed E-state index contributed by atoms with van der Waals surface area (Å²) in [4.78, 5) is 31.4. The highest BCUT2D eigenvalue weighted by Gasteiger charge is 2.20. The highest BCUT2D eigenvalue weighted by Crippen LogP contribution is 2.31. The maximum absolute atomic E-state index is 13.5. The number of anilines is 1. The van der Waals surface area contributed by atoms with E-state index in [-0.39, 0.29) is 5.91 Å². The van der Waals surface area contributed by atoms with Gasteiger partial charge in [0.15, 0.2) is 5.65 Å². The van der Waals surface area contributed by atoms with Crippen LogP contribution in [-0.2, 0) is 13.1 Å². The summed E-state index contributed by atoms with van der Waals surface area (Å²) in [6.45, 7) is 1.35. The second-order valence-corrected chi connectivity index (χ2v) is 8.74. The van der Waals surface area contributed by atoms with Gasteiger partial charge in [-0.25, -0.2) is 19.6 Å². The maximum Gasteiger partial charge on any atom is 0.254 e. The lowest BCUT2D eigenvalue weighted by molar-refractivity contribution is 0.0736. The monoisotopic (exact) mass is 488 g/mol. The minimum Gasteiger partial charge on any atom is -0.383 e. The van der Waals surface area contributed by atoms with Gasteiger partial charge in [0.05, 0.1) is 29.3 Å². The fourth-order valence-electron chi connectivity index (χ4n) is 4.51. The molecular formula is C28H24N8O. The zero-order chi connectivity index (χ0) is 25.2. The summed E-state index contributed by atoms with van der Waals surface area (Å²) in [5.41, 5.74) is 11.9. The predicted octanol–water partition coefficient (Wildman–Crippen LogP) is 4.29. The van der Waals surface area contributed by atoms with E-state index in [0.29, 0.717) is 47.7 Å². The SMILES string of the molecule is Nc1ncnc2c1c(-c1ccc3nc[nH]c3c1)nn2CCN(Cc1ccccc1)C(=O)c1ccccc1. The van der Waals surface area contributed by atoms with Crippen molar-refractivity contribution in [1.82, 2.24) is 34.6 Å². The number of fused-ring (bicyclic) bond motifs is 2. The number of H-pyrrole nitrogens is 1. The van der Waals surface area contributed by atoms with E-state index in [2.05, 4.69) is 19.9 Å². The number of carbonyl (C=O) groups is 1. The summed E-state index contributed by atoms with van der Waals surface area (Å²) >= 11 is 0. The number of benzene rings is 3. The van der Waals surface area contributed by atoms with Crippen molar-refractivity contribution in [2.24, 2.45) is 0 Å². The lowest BCUT2D eigenvalue weighted by Gasteiger charge is -2.23. The maximum atomic E-state index is 13.5. The number of hydrogen-bond acceptors (Lipinski definition) is 6. The first-order valence-electron chi connectivity index (χ1n) is 12.0. The van der Waals surface area contributed by atoms with E-state index >= 15 is 0 Å². The summed E-state index contributed by atoms with van der Waals surface area (Å²) < 4.78 is 1.80. The third-order valence-electron chi connectivity index (χ3n) is 6.36. The second-order valence-electron chi connectivity index (χ2n) is 8.74. The van der Waals surface area contributed by atoms with Gasteiger partial charge in [-0.3, -0.25) is 4.79 Å². The van der Waals surface area contributed by atoms with E-state index < -0.39 is 0 Å². The molecule has 0 saturated carbocycles. The molecule has 0 atom stereocenters. The van der Waals surface area contributed by atoms with Gasteiger partial charge in [-0.05, 0) is 29.8 Å². The Morgan fingerprint density at radius 2 is 1.73 bits per heavy atom. The Bertz CT molecular complexity index is 1690. The predicted molar refractivity (Wildman–Crippen MR) is 142 cm³/mol. The number of rotatable bonds is 7. The first-order valence-corrected chi connectivity index (χ1v) is 12.0. The molecule has 0 aliphatic heterocycles. The number of nitrogens with zero attached hydrogens (tertiary/aromatic N) is 6. The summed E-state index contributed by atoms with van der Waals surface area (Å²) in [5, 5.41) is 5.57. The van der Waals surface area contributed by atoms with Crippen LogP contribution in [0, 0.1) is 0 Å². The number of amides is 1. The topological polar surface area (TPSA) is 119 Å². The summed E-state index contributed by atoms with van der Waals surface area (Å²) in [5.74, 6) is 0.317. The Morgan fingerprint density at radius 3 is 2.54 bits per heavy atom. The van der Waals surface area contributed by atoms with Crippen LogP contribution in [0.2, 0.25) is 0 Å². The molecule has 9 heteroatoms. The van der Waals surface area contributed by atoms with Crippen molar-refractivity contribution in [3.8, 4) is 11.3 Å². The lowest BCUT2D eigenvalue weighted by atomic mass is 10.1. The van der Waals surface area contributed by atoms with Crippen LogP contribution in [-0.4, -0.2) is 47.1 Å². The van der Waals surface area contributed by atoms with Crippen molar-refractivity contribution in [3.05, 3.63) is 103 Å². The molecule has 0 saturated heterocycles. The molecule has 0 fully saturated rings. The molecule has 37 heavy (non-hydrogen) atoms. The van der Waals surface area contributed by atoms with Crippen molar-refractivity contribution in [1.29, 1.82) is 0 Å². The van der Waals surface area contributed by atoms with E-state index in [1.54, 1.807) is 11.0 Å². The van der Waals surface area contributed by atoms with Crippen LogP contribution >= 0.6 is 0 Å². The number of nitrogens with two attached hydrogens (primary N) is 1. The van der Waals surface area contributed by atoms with Gasteiger partial charge in [0.25, 0.3) is 5.91 Å². The highest BCUT2D eigenvalue weighted by molar-refractivity contribution is 5.99. The van der Waals surface area contributed by atoms with E-state index in [1.807, 2.05) is 83.8 Å². The summed E-state index contributed by atoms with van der Waals surface area (Å²) in [6.07, 6.45) is 3.10. The van der Waals surface area contributed by atoms with Gasteiger partial charge in [-0.15, -0.1) is 0 Å². The fraction of sp³-hybridized carbons (Fsp3) is 0.107. The second kappa shape index (κ2) is 9.54.